The lowest BCUT2D eigenvalue weighted by molar-refractivity contribution is -0.123. The van der Waals surface area contributed by atoms with Crippen molar-refractivity contribution in [3.8, 4) is 5.75 Å². The Labute approximate surface area is 187 Å². The topological polar surface area (TPSA) is 105 Å². The maximum absolute atomic E-state index is 13.0. The Kier molecular flexibility index (Phi) is 6.18. The molecule has 9 nitrogen and oxygen atoms in total. The highest BCUT2D eigenvalue weighted by Crippen LogP contribution is 2.35. The largest absolute Gasteiger partial charge is 0.482 e. The third kappa shape index (κ3) is 4.34. The maximum Gasteiger partial charge on any atom is 0.265 e. The molecule has 2 aliphatic rings. The summed E-state index contributed by atoms with van der Waals surface area (Å²) < 4.78 is 38.1. The monoisotopic (exact) mass is 459 g/mol. The van der Waals surface area contributed by atoms with Gasteiger partial charge in [0.15, 0.2) is 6.61 Å². The quantitative estimate of drug-likeness (QED) is 0.730. The normalized spacial score (nSPS) is 16.9. The molecule has 0 bridgehead atoms. The van der Waals surface area contributed by atoms with Crippen molar-refractivity contribution in [2.45, 2.75) is 18.7 Å². The van der Waals surface area contributed by atoms with E-state index < -0.39 is 15.9 Å². The van der Waals surface area contributed by atoms with E-state index in [1.165, 1.54) is 27.4 Å². The SMILES string of the molecule is Cc1cccc(NC(=O)CN2C(=O)COc3ccc(S(=O)(=O)N4CCOCC4)cc32)c1C. The van der Waals surface area contributed by atoms with E-state index in [2.05, 4.69) is 5.32 Å². The highest BCUT2D eigenvalue weighted by atomic mass is 32.2. The zero-order chi connectivity index (χ0) is 22.9. The Balaban J connectivity index is 1.59. The van der Waals surface area contributed by atoms with Gasteiger partial charge in [0.25, 0.3) is 5.91 Å². The van der Waals surface area contributed by atoms with Gasteiger partial charge in [0.2, 0.25) is 15.9 Å². The second-order valence-electron chi connectivity index (χ2n) is 7.71. The molecule has 2 amide bonds. The number of nitrogens with one attached hydrogen (secondary N) is 1. The molecule has 2 aromatic carbocycles. The number of sulfonamides is 1. The molecule has 2 heterocycles. The molecular formula is C22H25N3O6S. The van der Waals surface area contributed by atoms with Crippen molar-refractivity contribution >= 4 is 33.2 Å². The molecule has 1 saturated heterocycles. The van der Waals surface area contributed by atoms with Crippen LogP contribution in [0.1, 0.15) is 11.1 Å². The van der Waals surface area contributed by atoms with Crippen LogP contribution in [0.2, 0.25) is 0 Å². The van der Waals surface area contributed by atoms with Gasteiger partial charge in [-0.15, -0.1) is 0 Å². The van der Waals surface area contributed by atoms with E-state index in [0.717, 1.165) is 11.1 Å². The molecule has 4 rings (SSSR count). The molecule has 32 heavy (non-hydrogen) atoms. The summed E-state index contributed by atoms with van der Waals surface area (Å²) in [6.45, 7) is 4.55. The van der Waals surface area contributed by atoms with E-state index in [1.807, 2.05) is 26.0 Å². The number of nitrogens with zero attached hydrogens (tertiary/aromatic N) is 2. The first kappa shape index (κ1) is 22.3. The van der Waals surface area contributed by atoms with E-state index in [9.17, 15) is 18.0 Å². The number of hydrogen-bond acceptors (Lipinski definition) is 6. The van der Waals surface area contributed by atoms with E-state index in [0.29, 0.717) is 24.7 Å². The Hall–Kier alpha value is -2.95. The number of fused-ring (bicyclic) bond motifs is 1. The molecule has 0 atom stereocenters. The zero-order valence-corrected chi connectivity index (χ0v) is 18.8. The Morgan fingerprint density at radius 2 is 1.88 bits per heavy atom. The van der Waals surface area contributed by atoms with Crippen LogP contribution in [-0.2, 0) is 24.3 Å². The van der Waals surface area contributed by atoms with Crippen molar-refractivity contribution in [1.29, 1.82) is 0 Å². The second-order valence-corrected chi connectivity index (χ2v) is 9.65. The van der Waals surface area contributed by atoms with Gasteiger partial charge in [-0.25, -0.2) is 8.42 Å². The van der Waals surface area contributed by atoms with E-state index in [4.69, 9.17) is 9.47 Å². The average molecular weight is 460 g/mol. The van der Waals surface area contributed by atoms with Gasteiger partial charge in [0.05, 0.1) is 23.8 Å². The molecule has 2 aliphatic heterocycles. The van der Waals surface area contributed by atoms with Gasteiger partial charge in [-0.05, 0) is 49.2 Å². The first-order valence-corrected chi connectivity index (χ1v) is 11.7. The molecule has 1 fully saturated rings. The number of morpholine rings is 1. The summed E-state index contributed by atoms with van der Waals surface area (Å²) in [7, 11) is -3.76. The third-order valence-corrected chi connectivity index (χ3v) is 7.56. The predicted octanol–water partition coefficient (Wildman–Crippen LogP) is 1.69. The molecule has 0 aliphatic carbocycles. The number of benzene rings is 2. The molecule has 0 unspecified atom stereocenters. The molecule has 170 valence electrons. The summed E-state index contributed by atoms with van der Waals surface area (Å²) in [5.41, 5.74) is 2.90. The standard InChI is InChI=1S/C22H25N3O6S/c1-15-4-3-5-18(16(15)2)23-21(26)13-25-19-12-17(6-7-20(19)31-14-22(25)27)32(28,29)24-8-10-30-11-9-24/h3-7,12H,8-11,13-14H2,1-2H3,(H,23,26). The molecule has 2 aromatic rings. The Morgan fingerprint density at radius 3 is 2.62 bits per heavy atom. The first-order chi connectivity index (χ1) is 15.3. The number of anilines is 2. The minimum Gasteiger partial charge on any atom is -0.482 e. The molecule has 0 aromatic heterocycles. The molecule has 10 heteroatoms. The van der Waals surface area contributed by atoms with Crippen molar-refractivity contribution in [1.82, 2.24) is 4.31 Å². The van der Waals surface area contributed by atoms with Gasteiger partial charge in [-0.1, -0.05) is 12.1 Å². The van der Waals surface area contributed by atoms with Crippen molar-refractivity contribution in [2.24, 2.45) is 0 Å². The van der Waals surface area contributed by atoms with Crippen molar-refractivity contribution in [3.05, 3.63) is 47.5 Å². The highest BCUT2D eigenvalue weighted by molar-refractivity contribution is 7.89. The fraction of sp³-hybridized carbons (Fsp3) is 0.364. The lowest BCUT2D eigenvalue weighted by Gasteiger charge is -2.30. The zero-order valence-electron chi connectivity index (χ0n) is 18.0. The van der Waals surface area contributed by atoms with Gasteiger partial charge in [0, 0.05) is 18.8 Å². The van der Waals surface area contributed by atoms with E-state index >= 15 is 0 Å². The van der Waals surface area contributed by atoms with Gasteiger partial charge >= 0.3 is 0 Å². The molecule has 0 saturated carbocycles. The van der Waals surface area contributed by atoms with Crippen LogP contribution in [0.4, 0.5) is 11.4 Å². The molecular weight excluding hydrogens is 434 g/mol. The minimum absolute atomic E-state index is 0.0383. The Morgan fingerprint density at radius 1 is 1.12 bits per heavy atom. The van der Waals surface area contributed by atoms with Crippen molar-refractivity contribution < 1.29 is 27.5 Å². The van der Waals surface area contributed by atoms with E-state index in [-0.39, 0.29) is 42.7 Å². The lowest BCUT2D eigenvalue weighted by atomic mass is 10.1. The summed E-state index contributed by atoms with van der Waals surface area (Å²) in [5.74, 6) is -0.457. The van der Waals surface area contributed by atoms with Crippen LogP contribution < -0.4 is 15.0 Å². The fourth-order valence-electron chi connectivity index (χ4n) is 3.67. The lowest BCUT2D eigenvalue weighted by Crippen LogP contribution is -2.44. The first-order valence-electron chi connectivity index (χ1n) is 10.3. The van der Waals surface area contributed by atoms with Crippen LogP contribution in [0.3, 0.4) is 0 Å². The molecule has 0 spiro atoms. The van der Waals surface area contributed by atoms with Crippen LogP contribution >= 0.6 is 0 Å². The number of amides is 2. The van der Waals surface area contributed by atoms with Gasteiger partial charge in [0.1, 0.15) is 12.3 Å². The number of rotatable bonds is 5. The van der Waals surface area contributed by atoms with Gasteiger partial charge < -0.3 is 14.8 Å². The number of aryl methyl sites for hydroxylation is 1. The number of carbonyl (C=O) groups is 2. The van der Waals surface area contributed by atoms with Crippen LogP contribution in [0.15, 0.2) is 41.3 Å². The highest BCUT2D eigenvalue weighted by Gasteiger charge is 2.32. The van der Waals surface area contributed by atoms with Crippen molar-refractivity contribution in [3.63, 3.8) is 0 Å². The summed E-state index contributed by atoms with van der Waals surface area (Å²) >= 11 is 0. The molecule has 1 N–H and O–H groups in total. The second kappa shape index (κ2) is 8.89. The number of carbonyl (C=O) groups excluding carboxylic acids is 2. The smallest absolute Gasteiger partial charge is 0.265 e. The fourth-order valence-corrected chi connectivity index (χ4v) is 5.10. The maximum atomic E-state index is 13.0. The van der Waals surface area contributed by atoms with E-state index in [1.54, 1.807) is 6.07 Å². The summed E-state index contributed by atoms with van der Waals surface area (Å²) in [5, 5.41) is 2.83. The van der Waals surface area contributed by atoms with Crippen LogP contribution in [0.5, 0.6) is 5.75 Å². The average Bonchev–Trinajstić information content (AvgIpc) is 2.79. The number of ether oxygens (including phenoxy) is 2. The summed E-state index contributed by atoms with van der Waals surface area (Å²) in [6.07, 6.45) is 0. The van der Waals surface area contributed by atoms with Crippen LogP contribution in [0, 0.1) is 13.8 Å². The summed E-state index contributed by atoms with van der Waals surface area (Å²) in [4.78, 5) is 26.6. The van der Waals surface area contributed by atoms with Gasteiger partial charge in [-0.3, -0.25) is 14.5 Å². The summed E-state index contributed by atoms with van der Waals surface area (Å²) in [6, 6.07) is 9.95. The third-order valence-electron chi connectivity index (χ3n) is 5.66. The van der Waals surface area contributed by atoms with Crippen LogP contribution in [-0.4, -0.2) is 64.0 Å². The van der Waals surface area contributed by atoms with Gasteiger partial charge in [-0.2, -0.15) is 4.31 Å². The Bertz CT molecular complexity index is 1160. The van der Waals surface area contributed by atoms with Crippen molar-refractivity contribution in [2.75, 3.05) is 49.7 Å². The molecule has 0 radical (unpaired) electrons. The minimum atomic E-state index is -3.76. The predicted molar refractivity (Wildman–Crippen MR) is 118 cm³/mol. The number of hydrogen-bond donors (Lipinski definition) is 1. The van der Waals surface area contributed by atoms with Crippen LogP contribution in [0.25, 0.3) is 0 Å².